The van der Waals surface area contributed by atoms with E-state index in [0.717, 1.165) is 17.7 Å². The summed E-state index contributed by atoms with van der Waals surface area (Å²) in [4.78, 5) is 3.57. The summed E-state index contributed by atoms with van der Waals surface area (Å²) in [5, 5.41) is 10.3. The minimum atomic E-state index is -0.0962. The first-order valence-corrected chi connectivity index (χ1v) is 7.77. The SMILES string of the molecule is COc1ccc2c(c1)Cc1c([nH]c3cc(C#N)ccc13)C2(C)C. The van der Waals surface area contributed by atoms with E-state index in [4.69, 9.17) is 10.00 Å². The summed E-state index contributed by atoms with van der Waals surface area (Å²) in [5.41, 5.74) is 6.86. The molecule has 2 aromatic carbocycles. The van der Waals surface area contributed by atoms with Gasteiger partial charge in [0.15, 0.2) is 0 Å². The second-order valence-electron chi connectivity index (χ2n) is 6.68. The normalized spacial score (nSPS) is 14.9. The molecule has 1 heterocycles. The Bertz CT molecular complexity index is 973. The Balaban J connectivity index is 1.98. The van der Waals surface area contributed by atoms with Crippen molar-refractivity contribution in [1.29, 1.82) is 5.26 Å². The molecule has 0 saturated heterocycles. The van der Waals surface area contributed by atoms with Crippen molar-refractivity contribution in [1.82, 2.24) is 4.98 Å². The molecule has 0 bridgehead atoms. The Morgan fingerprint density at radius 3 is 2.74 bits per heavy atom. The van der Waals surface area contributed by atoms with E-state index in [-0.39, 0.29) is 5.41 Å². The van der Waals surface area contributed by atoms with Crippen LogP contribution in [0, 0.1) is 11.3 Å². The summed E-state index contributed by atoms with van der Waals surface area (Å²) in [7, 11) is 1.70. The van der Waals surface area contributed by atoms with Crippen LogP contribution >= 0.6 is 0 Å². The third-order valence-corrected chi connectivity index (χ3v) is 5.01. The van der Waals surface area contributed by atoms with Gasteiger partial charge >= 0.3 is 0 Å². The molecule has 0 fully saturated rings. The summed E-state index contributed by atoms with van der Waals surface area (Å²) in [6, 6.07) is 14.4. The van der Waals surface area contributed by atoms with Gasteiger partial charge in [-0.2, -0.15) is 5.26 Å². The fourth-order valence-corrected chi connectivity index (χ4v) is 3.82. The lowest BCUT2D eigenvalue weighted by atomic mass is 9.72. The maximum Gasteiger partial charge on any atom is 0.119 e. The number of ether oxygens (including phenoxy) is 1. The number of H-pyrrole nitrogens is 1. The standard InChI is InChI=1S/C20H18N2O/c1-20(2)17-7-5-14(23-3)9-13(17)10-16-15-6-4-12(11-21)8-18(15)22-19(16)20/h4-9,22H,10H2,1-3H3. The topological polar surface area (TPSA) is 48.8 Å². The Morgan fingerprint density at radius 1 is 1.17 bits per heavy atom. The van der Waals surface area contributed by atoms with E-state index in [2.05, 4.69) is 43.1 Å². The molecule has 1 N–H and O–H groups in total. The van der Waals surface area contributed by atoms with Gasteiger partial charge in [-0.1, -0.05) is 26.0 Å². The van der Waals surface area contributed by atoms with Crippen LogP contribution in [-0.2, 0) is 11.8 Å². The average molecular weight is 302 g/mol. The highest BCUT2D eigenvalue weighted by atomic mass is 16.5. The van der Waals surface area contributed by atoms with Crippen molar-refractivity contribution in [2.75, 3.05) is 7.11 Å². The average Bonchev–Trinajstić information content (AvgIpc) is 2.93. The first-order valence-electron chi connectivity index (χ1n) is 7.77. The number of hydrogen-bond donors (Lipinski definition) is 1. The van der Waals surface area contributed by atoms with Gasteiger partial charge < -0.3 is 9.72 Å². The van der Waals surface area contributed by atoms with Gasteiger partial charge in [-0.3, -0.25) is 0 Å². The zero-order chi connectivity index (χ0) is 16.2. The quantitative estimate of drug-likeness (QED) is 0.729. The van der Waals surface area contributed by atoms with Crippen LogP contribution in [0.5, 0.6) is 5.75 Å². The number of aromatic amines is 1. The van der Waals surface area contributed by atoms with Crippen molar-refractivity contribution < 1.29 is 4.74 Å². The largest absolute Gasteiger partial charge is 0.497 e. The Hall–Kier alpha value is -2.73. The van der Waals surface area contributed by atoms with Gasteiger partial charge in [0.1, 0.15) is 5.75 Å². The molecule has 3 nitrogen and oxygen atoms in total. The zero-order valence-electron chi connectivity index (χ0n) is 13.5. The van der Waals surface area contributed by atoms with Crippen LogP contribution < -0.4 is 4.74 Å². The second-order valence-corrected chi connectivity index (χ2v) is 6.68. The Kier molecular flexibility index (Phi) is 2.80. The van der Waals surface area contributed by atoms with Gasteiger partial charge in [0.2, 0.25) is 0 Å². The predicted octanol–water partition coefficient (Wildman–Crippen LogP) is 4.28. The number of nitrogens with one attached hydrogen (secondary N) is 1. The maximum absolute atomic E-state index is 9.12. The van der Waals surface area contributed by atoms with E-state index < -0.39 is 0 Å². The maximum atomic E-state index is 9.12. The lowest BCUT2D eigenvalue weighted by Crippen LogP contribution is -2.27. The van der Waals surface area contributed by atoms with Crippen molar-refractivity contribution in [2.45, 2.75) is 25.7 Å². The molecular weight excluding hydrogens is 284 g/mol. The van der Waals surface area contributed by atoms with Gasteiger partial charge in [-0.05, 0) is 41.0 Å². The first-order chi connectivity index (χ1) is 11.0. The number of nitriles is 1. The molecule has 4 rings (SSSR count). The molecular formula is C20H18N2O. The van der Waals surface area contributed by atoms with E-state index in [9.17, 15) is 0 Å². The minimum Gasteiger partial charge on any atom is -0.497 e. The van der Waals surface area contributed by atoms with Crippen LogP contribution in [0.3, 0.4) is 0 Å². The molecule has 3 heteroatoms. The summed E-state index contributed by atoms with van der Waals surface area (Å²) in [5.74, 6) is 0.898. The van der Waals surface area contributed by atoms with Crippen molar-refractivity contribution in [2.24, 2.45) is 0 Å². The number of rotatable bonds is 1. The van der Waals surface area contributed by atoms with Crippen molar-refractivity contribution in [3.63, 3.8) is 0 Å². The number of aromatic nitrogens is 1. The lowest BCUT2D eigenvalue weighted by molar-refractivity contribution is 0.413. The van der Waals surface area contributed by atoms with E-state index in [1.54, 1.807) is 7.11 Å². The van der Waals surface area contributed by atoms with Gasteiger partial charge in [-0.25, -0.2) is 0 Å². The van der Waals surface area contributed by atoms with Crippen LogP contribution in [-0.4, -0.2) is 12.1 Å². The highest BCUT2D eigenvalue weighted by Gasteiger charge is 2.35. The third-order valence-electron chi connectivity index (χ3n) is 5.01. The molecule has 0 amide bonds. The molecule has 0 saturated carbocycles. The molecule has 1 aliphatic rings. The van der Waals surface area contributed by atoms with Gasteiger partial charge in [0, 0.05) is 28.4 Å². The summed E-state index contributed by atoms with van der Waals surface area (Å²) in [6.45, 7) is 4.49. The van der Waals surface area contributed by atoms with Crippen LogP contribution in [0.2, 0.25) is 0 Å². The van der Waals surface area contributed by atoms with Crippen molar-refractivity contribution >= 4 is 10.9 Å². The predicted molar refractivity (Wildman–Crippen MR) is 90.9 cm³/mol. The van der Waals surface area contributed by atoms with Gasteiger partial charge in [0.05, 0.1) is 18.7 Å². The minimum absolute atomic E-state index is 0.0962. The monoisotopic (exact) mass is 302 g/mol. The van der Waals surface area contributed by atoms with Crippen LogP contribution in [0.1, 0.15) is 41.8 Å². The van der Waals surface area contributed by atoms with Gasteiger partial charge in [-0.15, -0.1) is 0 Å². The molecule has 114 valence electrons. The van der Waals surface area contributed by atoms with Gasteiger partial charge in [0.25, 0.3) is 0 Å². The first kappa shape index (κ1) is 13.9. The molecule has 1 aromatic heterocycles. The highest BCUT2D eigenvalue weighted by Crippen LogP contribution is 2.44. The fourth-order valence-electron chi connectivity index (χ4n) is 3.82. The number of hydrogen-bond acceptors (Lipinski definition) is 2. The summed E-state index contributed by atoms with van der Waals surface area (Å²) < 4.78 is 5.39. The molecule has 23 heavy (non-hydrogen) atoms. The molecule has 0 unspecified atom stereocenters. The second kappa shape index (κ2) is 4.63. The molecule has 0 spiro atoms. The zero-order valence-corrected chi connectivity index (χ0v) is 13.5. The van der Waals surface area contributed by atoms with E-state index in [1.807, 2.05) is 18.2 Å². The number of nitrogens with zero attached hydrogens (tertiary/aromatic N) is 1. The van der Waals surface area contributed by atoms with Crippen molar-refractivity contribution in [3.05, 3.63) is 64.3 Å². The van der Waals surface area contributed by atoms with E-state index in [1.165, 1.54) is 27.8 Å². The number of benzene rings is 2. The van der Waals surface area contributed by atoms with Crippen LogP contribution in [0.15, 0.2) is 36.4 Å². The van der Waals surface area contributed by atoms with Crippen LogP contribution in [0.25, 0.3) is 10.9 Å². The van der Waals surface area contributed by atoms with E-state index >= 15 is 0 Å². The molecule has 3 aromatic rings. The molecule has 1 aliphatic carbocycles. The smallest absolute Gasteiger partial charge is 0.119 e. The van der Waals surface area contributed by atoms with Crippen molar-refractivity contribution in [3.8, 4) is 11.8 Å². The summed E-state index contributed by atoms with van der Waals surface area (Å²) >= 11 is 0. The lowest BCUT2D eigenvalue weighted by Gasteiger charge is -2.33. The third kappa shape index (κ3) is 1.88. The Labute approximate surface area is 135 Å². The molecule has 0 atom stereocenters. The Morgan fingerprint density at radius 2 is 2.00 bits per heavy atom. The number of methoxy groups -OCH3 is 1. The highest BCUT2D eigenvalue weighted by molar-refractivity contribution is 5.87. The van der Waals surface area contributed by atoms with Crippen LogP contribution in [0.4, 0.5) is 0 Å². The van der Waals surface area contributed by atoms with E-state index in [0.29, 0.717) is 5.56 Å². The molecule has 0 radical (unpaired) electrons. The molecule has 0 aliphatic heterocycles. The fraction of sp³-hybridized carbons (Fsp3) is 0.250. The summed E-state index contributed by atoms with van der Waals surface area (Å²) in [6.07, 6.45) is 0.886. The number of fused-ring (bicyclic) bond motifs is 4.